The lowest BCUT2D eigenvalue weighted by Gasteiger charge is -2.22. The lowest BCUT2D eigenvalue weighted by atomic mass is 9.91. The molecule has 2 aliphatic rings. The molecule has 4 heterocycles. The number of aromatic hydroxyl groups is 3. The van der Waals surface area contributed by atoms with Crippen LogP contribution in [0.15, 0.2) is 95.0 Å². The fourth-order valence-corrected chi connectivity index (χ4v) is 8.38. The Morgan fingerprint density at radius 2 is 1.63 bits per heavy atom. The number of urea groups is 1. The molecule has 3 aromatic heterocycles. The number of aromatic amines is 1. The van der Waals surface area contributed by atoms with Gasteiger partial charge in [0.05, 0.1) is 29.5 Å². The van der Waals surface area contributed by atoms with Gasteiger partial charge in [-0.05, 0) is 66.4 Å². The van der Waals surface area contributed by atoms with E-state index in [-0.39, 0.29) is 59.5 Å². The van der Waals surface area contributed by atoms with E-state index in [0.29, 0.717) is 29.9 Å². The molecule has 3 aromatic carbocycles. The number of rotatable bonds is 11. The lowest BCUT2D eigenvalue weighted by Crippen LogP contribution is -2.40. The van der Waals surface area contributed by atoms with E-state index >= 15 is 0 Å². The number of nitrogens with zero attached hydrogens (tertiary/aromatic N) is 6. The maximum atomic E-state index is 13.0. The summed E-state index contributed by atoms with van der Waals surface area (Å²) in [4.78, 5) is 44.1. The van der Waals surface area contributed by atoms with Gasteiger partial charge in [-0.1, -0.05) is 30.3 Å². The number of phenols is 2. The number of carbonyl (C=O) groups excluding carboxylic acids is 1. The minimum Gasteiger partial charge on any atom is -0.508 e. The third-order valence-corrected chi connectivity index (χ3v) is 11.7. The second-order valence-corrected chi connectivity index (χ2v) is 16.2. The minimum absolute atomic E-state index is 0.0376. The average molecular weight is 828 g/mol. The zero-order valence-electron chi connectivity index (χ0n) is 31.1. The van der Waals surface area contributed by atoms with Gasteiger partial charge in [0.1, 0.15) is 23.7 Å². The van der Waals surface area contributed by atoms with E-state index in [4.69, 9.17) is 15.1 Å². The minimum atomic E-state index is -3.98. The number of carbonyl (C=O) groups is 1. The van der Waals surface area contributed by atoms with E-state index < -0.39 is 51.9 Å². The predicted molar refractivity (Wildman–Crippen MR) is 214 cm³/mol. The average Bonchev–Trinajstić information content (AvgIpc) is 3.99. The number of aromatic nitrogens is 6. The Kier molecular flexibility index (Phi) is 10.3. The zero-order valence-corrected chi connectivity index (χ0v) is 31.9. The van der Waals surface area contributed by atoms with Crippen molar-refractivity contribution in [3.8, 4) is 17.4 Å². The van der Waals surface area contributed by atoms with Crippen LogP contribution in [0.5, 0.6) is 17.4 Å². The number of aliphatic hydroxyl groups excluding tert-OH is 2. The topological polar surface area (TPSA) is 299 Å². The van der Waals surface area contributed by atoms with Gasteiger partial charge in [0.15, 0.2) is 17.0 Å². The van der Waals surface area contributed by atoms with Gasteiger partial charge in [0.2, 0.25) is 21.9 Å². The summed E-state index contributed by atoms with van der Waals surface area (Å²) in [5.74, 6) is 0.115. The highest BCUT2D eigenvalue weighted by Gasteiger charge is 2.45. The van der Waals surface area contributed by atoms with E-state index in [2.05, 4.69) is 25.9 Å². The van der Waals surface area contributed by atoms with Gasteiger partial charge in [0, 0.05) is 37.3 Å². The summed E-state index contributed by atoms with van der Waals surface area (Å²) in [7, 11) is -3.98. The van der Waals surface area contributed by atoms with E-state index in [1.165, 1.54) is 30.6 Å². The molecule has 2 amide bonds. The monoisotopic (exact) mass is 827 g/mol. The number of primary sulfonamides is 1. The van der Waals surface area contributed by atoms with Gasteiger partial charge in [-0.3, -0.25) is 4.57 Å². The van der Waals surface area contributed by atoms with Crippen molar-refractivity contribution in [2.75, 3.05) is 35.2 Å². The molecule has 1 saturated heterocycles. The number of nitrogens with one attached hydrogen (secondary N) is 4. The number of phenolic OH excluding ortho intramolecular Hbond substituents is 2. The SMILES string of the molecule is NS(=O)(=O)c1cccc(NC(=O)N[C@@H]2CCN(c3nc(NCC(c4ccc(O)cc4)c4ccc(O)cc4)c4ncn([C@@H]5C[C@H](n6c(O)c[nH]c6=O)[C@@H](O)[C@H]5O)c4n3)C2)c1. The predicted octanol–water partition coefficient (Wildman–Crippen LogP) is 1.63. The van der Waals surface area contributed by atoms with Gasteiger partial charge >= 0.3 is 11.7 Å². The third kappa shape index (κ3) is 7.95. The van der Waals surface area contributed by atoms with Crippen LogP contribution in [0.25, 0.3) is 11.2 Å². The van der Waals surface area contributed by atoms with Crippen LogP contribution in [-0.4, -0.2) is 107 Å². The quantitative estimate of drug-likeness (QED) is 0.0889. The Morgan fingerprint density at radius 3 is 2.27 bits per heavy atom. The highest BCUT2D eigenvalue weighted by molar-refractivity contribution is 7.89. The second kappa shape index (κ2) is 15.6. The number of anilines is 3. The molecular formula is C38H41N11O9S. The molecule has 308 valence electrons. The highest BCUT2D eigenvalue weighted by atomic mass is 32.2. The van der Waals surface area contributed by atoms with Crippen molar-refractivity contribution in [1.82, 2.24) is 34.4 Å². The van der Waals surface area contributed by atoms with Crippen LogP contribution in [0.3, 0.4) is 0 Å². The fourth-order valence-electron chi connectivity index (χ4n) is 7.82. The first-order valence-corrected chi connectivity index (χ1v) is 20.1. The first-order valence-electron chi connectivity index (χ1n) is 18.6. The number of benzene rings is 3. The Balaban J connectivity index is 1.10. The molecule has 5 atom stereocenters. The molecule has 2 fully saturated rings. The van der Waals surface area contributed by atoms with Crippen molar-refractivity contribution in [3.63, 3.8) is 0 Å². The smallest absolute Gasteiger partial charge is 0.328 e. The molecule has 0 bridgehead atoms. The first-order chi connectivity index (χ1) is 28.2. The summed E-state index contributed by atoms with van der Waals surface area (Å²) in [6.07, 6.45) is 0.309. The summed E-state index contributed by atoms with van der Waals surface area (Å²) in [5, 5.41) is 67.1. The molecule has 1 aliphatic heterocycles. The number of nitrogens with two attached hydrogens (primary N) is 1. The Morgan fingerprint density at radius 1 is 0.949 bits per heavy atom. The lowest BCUT2D eigenvalue weighted by molar-refractivity contribution is 0.00763. The number of hydrogen-bond donors (Lipinski definition) is 10. The van der Waals surface area contributed by atoms with Crippen LogP contribution >= 0.6 is 0 Å². The number of sulfonamides is 1. The number of amides is 2. The molecule has 6 aromatic rings. The summed E-state index contributed by atoms with van der Waals surface area (Å²) >= 11 is 0. The normalized spacial score (nSPS) is 20.7. The third-order valence-electron chi connectivity index (χ3n) is 10.8. The highest BCUT2D eigenvalue weighted by Crippen LogP contribution is 2.41. The molecule has 8 rings (SSSR count). The largest absolute Gasteiger partial charge is 0.508 e. The summed E-state index contributed by atoms with van der Waals surface area (Å²) in [6.45, 7) is 0.987. The van der Waals surface area contributed by atoms with Crippen molar-refractivity contribution in [3.05, 3.63) is 107 Å². The molecule has 0 spiro atoms. The van der Waals surface area contributed by atoms with Gasteiger partial charge in [-0.25, -0.2) is 28.1 Å². The summed E-state index contributed by atoms with van der Waals surface area (Å²) in [6, 6.07) is 16.4. The molecule has 21 heteroatoms. The fraction of sp³-hybridized carbons (Fsp3) is 0.289. The number of H-pyrrole nitrogens is 1. The summed E-state index contributed by atoms with van der Waals surface area (Å²) in [5.41, 5.74) is 1.94. The molecule has 11 N–H and O–H groups in total. The Bertz CT molecular complexity index is 2620. The maximum Gasteiger partial charge on any atom is 0.328 e. The van der Waals surface area contributed by atoms with Crippen LogP contribution in [0.2, 0.25) is 0 Å². The molecule has 0 unspecified atom stereocenters. The summed E-state index contributed by atoms with van der Waals surface area (Å²) < 4.78 is 26.2. The standard InChI is InChI=1S/C38H41N11O9S/c39-59(57,58)26-3-1-2-22(14-26)43-37(55)44-23-12-13-47(18-23)36-45-34(40-16-27(20-4-8-24(50)9-5-20)21-6-10-25(51)11-7-21)31-35(46-36)48(19-42-31)28-15-29(33(54)32(28)53)49-30(52)17-41-38(49)56/h1-11,14,17,19,23,27-29,32-33,50-54H,12-13,15-16,18H2,(H,41,56)(H2,39,57,58)(H,40,45,46)(H2,43,44,55)/t23-,28-,29+,32+,33-/m1/s1. The number of hydrogen-bond acceptors (Lipinski definition) is 14. The van der Waals surface area contributed by atoms with Crippen LogP contribution in [0, 0.1) is 0 Å². The van der Waals surface area contributed by atoms with Crippen LogP contribution in [0.4, 0.5) is 22.2 Å². The van der Waals surface area contributed by atoms with Crippen molar-refractivity contribution in [2.45, 2.75) is 54.0 Å². The van der Waals surface area contributed by atoms with Crippen LogP contribution in [0.1, 0.15) is 42.0 Å². The molecular weight excluding hydrogens is 787 g/mol. The molecule has 1 aliphatic carbocycles. The van der Waals surface area contributed by atoms with Gasteiger partial charge in [0.25, 0.3) is 0 Å². The Hall–Kier alpha value is -6.68. The number of aliphatic hydroxyl groups is 2. The molecule has 0 radical (unpaired) electrons. The number of imidazole rings is 2. The maximum absolute atomic E-state index is 13.0. The van der Waals surface area contributed by atoms with Gasteiger partial charge in [-0.2, -0.15) is 9.97 Å². The number of fused-ring (bicyclic) bond motifs is 1. The van der Waals surface area contributed by atoms with E-state index in [1.54, 1.807) is 53.1 Å². The van der Waals surface area contributed by atoms with E-state index in [0.717, 1.165) is 21.9 Å². The van der Waals surface area contributed by atoms with Crippen molar-refractivity contribution >= 4 is 44.7 Å². The van der Waals surface area contributed by atoms with Crippen molar-refractivity contribution < 1.29 is 38.7 Å². The van der Waals surface area contributed by atoms with Gasteiger partial charge in [-0.15, -0.1) is 0 Å². The molecule has 1 saturated carbocycles. The molecule has 59 heavy (non-hydrogen) atoms. The van der Waals surface area contributed by atoms with Crippen molar-refractivity contribution in [2.24, 2.45) is 5.14 Å². The van der Waals surface area contributed by atoms with E-state index in [1.807, 2.05) is 4.90 Å². The molecule has 20 nitrogen and oxygen atoms in total. The van der Waals surface area contributed by atoms with Crippen molar-refractivity contribution in [1.29, 1.82) is 0 Å². The first kappa shape index (κ1) is 39.2. The van der Waals surface area contributed by atoms with Crippen LogP contribution < -0.4 is 31.7 Å². The van der Waals surface area contributed by atoms with Crippen LogP contribution in [-0.2, 0) is 10.0 Å². The Labute approximate surface area is 335 Å². The van der Waals surface area contributed by atoms with E-state index in [9.17, 15) is 43.5 Å². The van der Waals surface area contributed by atoms with Gasteiger partial charge < -0.3 is 55.9 Å². The second-order valence-electron chi connectivity index (χ2n) is 14.6. The zero-order chi connectivity index (χ0) is 41.6.